The molecule has 0 radical (unpaired) electrons. The van der Waals surface area contributed by atoms with Gasteiger partial charge in [0.2, 0.25) is 0 Å². The lowest BCUT2D eigenvalue weighted by Gasteiger charge is -2.09. The standard InChI is InChI=1S/C17H16BrNO5/c1-22-12-6-8-13(9-7-12)23-11-17(21)24-10-16(20)19-15-5-3-2-4-14(15)18/h2-9H,10-11H2,1H3,(H,19,20). The molecule has 0 aromatic heterocycles. The Kier molecular flexibility index (Phi) is 6.62. The predicted octanol–water partition coefficient (Wildman–Crippen LogP) is 3.02. The summed E-state index contributed by atoms with van der Waals surface area (Å²) in [7, 11) is 1.56. The van der Waals surface area contributed by atoms with Gasteiger partial charge in [-0.25, -0.2) is 4.79 Å². The molecule has 0 aliphatic rings. The molecule has 24 heavy (non-hydrogen) atoms. The van der Waals surface area contributed by atoms with Crippen molar-refractivity contribution in [3.05, 3.63) is 53.0 Å². The molecule has 2 rings (SSSR count). The molecule has 0 heterocycles. The Hall–Kier alpha value is -2.54. The second-order valence-electron chi connectivity index (χ2n) is 4.65. The third kappa shape index (κ3) is 5.58. The van der Waals surface area contributed by atoms with Gasteiger partial charge >= 0.3 is 5.97 Å². The fraction of sp³-hybridized carbons (Fsp3) is 0.176. The third-order valence-corrected chi connectivity index (χ3v) is 3.62. The zero-order valence-electron chi connectivity index (χ0n) is 13.0. The molecule has 0 bridgehead atoms. The second kappa shape index (κ2) is 8.93. The molecule has 0 saturated heterocycles. The minimum absolute atomic E-state index is 0.283. The van der Waals surface area contributed by atoms with Crippen LogP contribution >= 0.6 is 15.9 Å². The normalized spacial score (nSPS) is 9.92. The van der Waals surface area contributed by atoms with Crippen LogP contribution in [0, 0.1) is 0 Å². The van der Waals surface area contributed by atoms with E-state index in [1.54, 1.807) is 49.6 Å². The average molecular weight is 394 g/mol. The Morgan fingerprint density at radius 3 is 2.33 bits per heavy atom. The summed E-state index contributed by atoms with van der Waals surface area (Å²) in [5, 5.41) is 2.63. The summed E-state index contributed by atoms with van der Waals surface area (Å²) in [5.74, 6) is 0.131. The number of carbonyl (C=O) groups excluding carboxylic acids is 2. The molecule has 0 fully saturated rings. The summed E-state index contributed by atoms with van der Waals surface area (Å²) < 4.78 is 15.9. The van der Waals surface area contributed by atoms with Gasteiger partial charge in [0, 0.05) is 4.47 Å². The Balaban J connectivity index is 1.72. The quantitative estimate of drug-likeness (QED) is 0.731. The SMILES string of the molecule is COc1ccc(OCC(=O)OCC(=O)Nc2ccccc2Br)cc1. The average Bonchev–Trinajstić information content (AvgIpc) is 2.60. The zero-order valence-corrected chi connectivity index (χ0v) is 14.5. The highest BCUT2D eigenvalue weighted by atomic mass is 79.9. The monoisotopic (exact) mass is 393 g/mol. The van der Waals surface area contributed by atoms with Crippen LogP contribution in [0.15, 0.2) is 53.0 Å². The van der Waals surface area contributed by atoms with Crippen molar-refractivity contribution >= 4 is 33.5 Å². The molecule has 7 heteroatoms. The first kappa shape index (κ1) is 17.8. The van der Waals surface area contributed by atoms with Crippen molar-refractivity contribution in [3.63, 3.8) is 0 Å². The predicted molar refractivity (Wildman–Crippen MR) is 92.2 cm³/mol. The van der Waals surface area contributed by atoms with Crippen LogP contribution < -0.4 is 14.8 Å². The summed E-state index contributed by atoms with van der Waals surface area (Å²) >= 11 is 3.31. The number of ether oxygens (including phenoxy) is 3. The van der Waals surface area contributed by atoms with E-state index in [9.17, 15) is 9.59 Å². The molecule has 0 saturated carbocycles. The first-order valence-corrected chi connectivity index (χ1v) is 7.84. The number of halogens is 1. The molecule has 0 aliphatic carbocycles. The van der Waals surface area contributed by atoms with E-state index >= 15 is 0 Å². The van der Waals surface area contributed by atoms with Crippen molar-refractivity contribution in [3.8, 4) is 11.5 Å². The van der Waals surface area contributed by atoms with Crippen LogP contribution in [0.2, 0.25) is 0 Å². The van der Waals surface area contributed by atoms with Crippen molar-refractivity contribution < 1.29 is 23.8 Å². The number of amides is 1. The van der Waals surface area contributed by atoms with Crippen LogP contribution in [0.3, 0.4) is 0 Å². The summed E-state index contributed by atoms with van der Waals surface area (Å²) in [4.78, 5) is 23.4. The molecular weight excluding hydrogens is 378 g/mol. The van der Waals surface area contributed by atoms with Crippen LogP contribution in [-0.2, 0) is 14.3 Å². The fourth-order valence-corrected chi connectivity index (χ4v) is 2.13. The summed E-state index contributed by atoms with van der Waals surface area (Å²) in [6.45, 7) is -0.666. The number of hydrogen-bond acceptors (Lipinski definition) is 5. The van der Waals surface area contributed by atoms with Gasteiger partial charge in [0.25, 0.3) is 5.91 Å². The second-order valence-corrected chi connectivity index (χ2v) is 5.51. The minimum Gasteiger partial charge on any atom is -0.497 e. The van der Waals surface area contributed by atoms with E-state index in [-0.39, 0.29) is 13.2 Å². The molecule has 2 aromatic rings. The Morgan fingerprint density at radius 1 is 1.00 bits per heavy atom. The topological polar surface area (TPSA) is 73.9 Å². The summed E-state index contributed by atoms with van der Waals surface area (Å²) in [6.07, 6.45) is 0. The van der Waals surface area contributed by atoms with Gasteiger partial charge in [0.15, 0.2) is 13.2 Å². The smallest absolute Gasteiger partial charge is 0.344 e. The van der Waals surface area contributed by atoms with Gasteiger partial charge in [-0.15, -0.1) is 0 Å². The van der Waals surface area contributed by atoms with E-state index in [2.05, 4.69) is 21.2 Å². The van der Waals surface area contributed by atoms with Crippen molar-refractivity contribution in [2.75, 3.05) is 25.6 Å². The van der Waals surface area contributed by atoms with Gasteiger partial charge in [-0.2, -0.15) is 0 Å². The number of anilines is 1. The Labute approximate surface area is 147 Å². The van der Waals surface area contributed by atoms with E-state index in [0.717, 1.165) is 4.47 Å². The number of para-hydroxylation sites is 1. The van der Waals surface area contributed by atoms with Gasteiger partial charge in [-0.05, 0) is 52.3 Å². The lowest BCUT2D eigenvalue weighted by molar-refractivity contribution is -0.149. The first-order valence-electron chi connectivity index (χ1n) is 7.05. The van der Waals surface area contributed by atoms with Gasteiger partial charge < -0.3 is 19.5 Å². The molecule has 6 nitrogen and oxygen atoms in total. The summed E-state index contributed by atoms with van der Waals surface area (Å²) in [6, 6.07) is 13.9. The molecule has 2 aromatic carbocycles. The third-order valence-electron chi connectivity index (χ3n) is 2.93. The zero-order chi connectivity index (χ0) is 17.4. The van der Waals surface area contributed by atoms with E-state index in [0.29, 0.717) is 17.2 Å². The van der Waals surface area contributed by atoms with Crippen molar-refractivity contribution in [1.29, 1.82) is 0 Å². The maximum Gasteiger partial charge on any atom is 0.344 e. The van der Waals surface area contributed by atoms with Gasteiger partial charge in [0.1, 0.15) is 11.5 Å². The van der Waals surface area contributed by atoms with E-state index in [1.165, 1.54) is 0 Å². The fourth-order valence-electron chi connectivity index (χ4n) is 1.75. The van der Waals surface area contributed by atoms with Crippen molar-refractivity contribution in [1.82, 2.24) is 0 Å². The van der Waals surface area contributed by atoms with E-state index in [1.807, 2.05) is 6.07 Å². The van der Waals surface area contributed by atoms with E-state index in [4.69, 9.17) is 14.2 Å². The Morgan fingerprint density at radius 2 is 1.67 bits per heavy atom. The number of methoxy groups -OCH3 is 1. The lowest BCUT2D eigenvalue weighted by atomic mass is 10.3. The van der Waals surface area contributed by atoms with Crippen LogP contribution in [0.1, 0.15) is 0 Å². The van der Waals surface area contributed by atoms with Gasteiger partial charge in [-0.1, -0.05) is 12.1 Å². The highest BCUT2D eigenvalue weighted by Crippen LogP contribution is 2.21. The molecule has 1 N–H and O–H groups in total. The maximum atomic E-state index is 11.8. The number of esters is 1. The maximum absolute atomic E-state index is 11.8. The molecule has 1 amide bonds. The largest absolute Gasteiger partial charge is 0.497 e. The molecule has 126 valence electrons. The van der Waals surface area contributed by atoms with Crippen LogP contribution in [0.5, 0.6) is 11.5 Å². The number of hydrogen-bond donors (Lipinski definition) is 1. The van der Waals surface area contributed by atoms with Crippen LogP contribution in [0.4, 0.5) is 5.69 Å². The van der Waals surface area contributed by atoms with Crippen molar-refractivity contribution in [2.24, 2.45) is 0 Å². The molecule has 0 aliphatic heterocycles. The van der Waals surface area contributed by atoms with Crippen molar-refractivity contribution in [2.45, 2.75) is 0 Å². The lowest BCUT2D eigenvalue weighted by Crippen LogP contribution is -2.23. The van der Waals surface area contributed by atoms with Crippen LogP contribution in [-0.4, -0.2) is 32.2 Å². The highest BCUT2D eigenvalue weighted by molar-refractivity contribution is 9.10. The van der Waals surface area contributed by atoms with Crippen LogP contribution in [0.25, 0.3) is 0 Å². The molecular formula is C17H16BrNO5. The number of benzene rings is 2. The minimum atomic E-state index is -0.631. The van der Waals surface area contributed by atoms with Gasteiger partial charge in [-0.3, -0.25) is 4.79 Å². The van der Waals surface area contributed by atoms with E-state index < -0.39 is 11.9 Å². The number of rotatable bonds is 7. The number of carbonyl (C=O) groups is 2. The first-order chi connectivity index (χ1) is 11.6. The summed E-state index contributed by atoms with van der Waals surface area (Å²) in [5.41, 5.74) is 0.605. The highest BCUT2D eigenvalue weighted by Gasteiger charge is 2.10. The Bertz CT molecular complexity index is 702. The molecule has 0 spiro atoms. The molecule has 0 atom stereocenters. The molecule has 0 unspecified atom stereocenters. The van der Waals surface area contributed by atoms with Gasteiger partial charge in [0.05, 0.1) is 12.8 Å². The number of nitrogens with one attached hydrogen (secondary N) is 1.